The van der Waals surface area contributed by atoms with Gasteiger partial charge in [-0.2, -0.15) is 0 Å². The van der Waals surface area contributed by atoms with Crippen LogP contribution in [0.15, 0.2) is 370 Å². The zero-order valence-corrected chi connectivity index (χ0v) is 54.4. The van der Waals surface area contributed by atoms with Crippen LogP contribution in [0.4, 0.5) is 119 Å². The van der Waals surface area contributed by atoms with Crippen molar-refractivity contribution in [2.45, 2.75) is 0 Å². The smallest absolute Gasteiger partial charge is 0.252 e. The largest absolute Gasteiger partial charge is 0.451 e. The maximum atomic E-state index is 7.63. The number of benzene rings is 15. The Hall–Kier alpha value is -13.2. The zero-order valence-electron chi connectivity index (χ0n) is 54.4. The average Bonchev–Trinajstić information content (AvgIpc) is 0.676. The van der Waals surface area contributed by atoms with Crippen LogP contribution in [0.25, 0.3) is 0 Å². The summed E-state index contributed by atoms with van der Waals surface area (Å²) in [5.74, 6) is 1.56. The van der Waals surface area contributed by atoms with Crippen LogP contribution >= 0.6 is 0 Å². The third kappa shape index (κ3) is 8.97. The molecule has 5 aliphatic heterocycles. The number of para-hydroxylation sites is 12. The molecule has 0 spiro atoms. The molecule has 0 unspecified atom stereocenters. The molecule has 0 aliphatic carbocycles. The number of rotatable bonds is 11. The van der Waals surface area contributed by atoms with Gasteiger partial charge in [0.05, 0.1) is 28.4 Å². The highest BCUT2D eigenvalue weighted by atomic mass is 16.5. The Kier molecular flexibility index (Phi) is 13.3. The highest BCUT2D eigenvalue weighted by Crippen LogP contribution is 2.58. The van der Waals surface area contributed by atoms with E-state index in [4.69, 9.17) is 4.74 Å². The first-order chi connectivity index (χ1) is 49.7. The molecule has 8 nitrogen and oxygen atoms in total. The first-order valence-electron chi connectivity index (χ1n) is 34.3. The molecule has 468 valence electrons. The molecule has 0 radical (unpaired) electrons. The van der Waals surface area contributed by atoms with Gasteiger partial charge in [0.25, 0.3) is 13.4 Å². The van der Waals surface area contributed by atoms with Gasteiger partial charge in [-0.3, -0.25) is 0 Å². The van der Waals surface area contributed by atoms with E-state index in [1.807, 2.05) is 0 Å². The first kappa shape index (κ1) is 57.1. The van der Waals surface area contributed by atoms with Crippen LogP contribution in [0.1, 0.15) is 0 Å². The second-order valence-corrected chi connectivity index (χ2v) is 26.0. The van der Waals surface area contributed by atoms with Crippen molar-refractivity contribution in [3.63, 3.8) is 0 Å². The van der Waals surface area contributed by atoms with Crippen LogP contribution in [0, 0.1) is 0 Å². The molecule has 100 heavy (non-hydrogen) atoms. The summed E-state index contributed by atoms with van der Waals surface area (Å²) >= 11 is 0. The normalized spacial score (nSPS) is 13.1. The molecular formula is C90H61B2N7O. The van der Waals surface area contributed by atoms with E-state index in [-0.39, 0.29) is 13.4 Å². The molecule has 15 aromatic rings. The zero-order chi connectivity index (χ0) is 65.8. The van der Waals surface area contributed by atoms with Gasteiger partial charge in [0.1, 0.15) is 0 Å². The van der Waals surface area contributed by atoms with Crippen LogP contribution in [0.5, 0.6) is 11.5 Å². The Morgan fingerprint density at radius 3 is 0.950 bits per heavy atom. The van der Waals surface area contributed by atoms with E-state index in [2.05, 4.69) is 404 Å². The van der Waals surface area contributed by atoms with Gasteiger partial charge in [-0.05, 0) is 197 Å². The third-order valence-corrected chi connectivity index (χ3v) is 20.4. The van der Waals surface area contributed by atoms with Crippen molar-refractivity contribution in [3.05, 3.63) is 370 Å². The second kappa shape index (κ2) is 23.3. The molecule has 0 fully saturated rings. The van der Waals surface area contributed by atoms with Crippen LogP contribution in [-0.2, 0) is 0 Å². The molecule has 20 rings (SSSR count). The van der Waals surface area contributed by atoms with Crippen molar-refractivity contribution in [2.24, 2.45) is 0 Å². The summed E-state index contributed by atoms with van der Waals surface area (Å²) in [4.78, 5) is 17.4. The highest BCUT2D eigenvalue weighted by Gasteiger charge is 2.50. The lowest BCUT2D eigenvalue weighted by molar-refractivity contribution is 0.478. The predicted molar refractivity (Wildman–Crippen MR) is 419 cm³/mol. The Morgan fingerprint density at radius 2 is 0.530 bits per heavy atom. The van der Waals surface area contributed by atoms with E-state index < -0.39 is 0 Å². The van der Waals surface area contributed by atoms with Gasteiger partial charge in [0.15, 0.2) is 11.5 Å². The maximum Gasteiger partial charge on any atom is 0.252 e. The number of hydrogen-bond donors (Lipinski definition) is 0. The molecule has 15 aromatic carbocycles. The molecule has 0 bridgehead atoms. The number of anilines is 21. The summed E-state index contributed by atoms with van der Waals surface area (Å²) in [6.45, 7) is -0.548. The van der Waals surface area contributed by atoms with Crippen LogP contribution in [0.2, 0.25) is 0 Å². The van der Waals surface area contributed by atoms with Gasteiger partial charge in [0, 0.05) is 91.0 Å². The van der Waals surface area contributed by atoms with Crippen molar-refractivity contribution in [3.8, 4) is 11.5 Å². The minimum absolute atomic E-state index is 0.220. The standard InChI is InChI=1S/C90H61B2N7O/c1-10-32-62(33-11-1)93(63-34-12-2-13-35-63)71-56-82-87-83(57-71)97(68-44-22-7-23-45-68)80-61-81-76(60-75(80)91(87)73-50-28-29-51-77(73)95(82)66-40-18-5-19-41-66)92-74-54-55-79-90(100-86-53-31-30-52-78(86)96(79)67-42-20-6-21-43-67)89(74)99(70-48-26-9-27-49-70)85-59-72(58-84(88(85)92)98(81)69-46-24-8-25-47-69)94(64-36-14-3-15-37-64)65-38-16-4-17-39-65/h1-61H. The molecule has 0 atom stereocenters. The van der Waals surface area contributed by atoms with E-state index in [9.17, 15) is 0 Å². The van der Waals surface area contributed by atoms with Crippen molar-refractivity contribution in [2.75, 3.05) is 34.3 Å². The molecule has 0 saturated heterocycles. The van der Waals surface area contributed by atoms with E-state index in [1.165, 1.54) is 27.3 Å². The molecule has 0 saturated carbocycles. The minimum atomic E-state index is -0.328. The van der Waals surface area contributed by atoms with E-state index >= 15 is 0 Å². The summed E-state index contributed by atoms with van der Waals surface area (Å²) < 4.78 is 7.63. The van der Waals surface area contributed by atoms with Crippen molar-refractivity contribution in [1.82, 2.24) is 0 Å². The topological polar surface area (TPSA) is 31.9 Å². The second-order valence-electron chi connectivity index (χ2n) is 26.0. The van der Waals surface area contributed by atoms with Gasteiger partial charge in [-0.15, -0.1) is 0 Å². The van der Waals surface area contributed by atoms with Gasteiger partial charge in [0.2, 0.25) is 0 Å². The monoisotopic (exact) mass is 1280 g/mol. The first-order valence-corrected chi connectivity index (χ1v) is 34.3. The third-order valence-electron chi connectivity index (χ3n) is 20.4. The van der Waals surface area contributed by atoms with Crippen LogP contribution in [-0.4, -0.2) is 13.4 Å². The molecule has 0 aromatic heterocycles. The van der Waals surface area contributed by atoms with Gasteiger partial charge in [-0.1, -0.05) is 206 Å². The number of fused-ring (bicyclic) bond motifs is 11. The quantitative estimate of drug-likeness (QED) is 0.118. The summed E-state index contributed by atoms with van der Waals surface area (Å²) in [7, 11) is 0. The molecule has 0 N–H and O–H groups in total. The summed E-state index contributed by atoms with van der Waals surface area (Å²) in [5, 5.41) is 0. The number of ether oxygens (including phenoxy) is 1. The Balaban J connectivity index is 0.926. The average molecular weight is 1280 g/mol. The van der Waals surface area contributed by atoms with E-state index in [0.29, 0.717) is 0 Å². The lowest BCUT2D eigenvalue weighted by atomic mass is 9.30. The fraction of sp³-hybridized carbons (Fsp3) is 0. The van der Waals surface area contributed by atoms with Gasteiger partial charge >= 0.3 is 0 Å². The van der Waals surface area contributed by atoms with Crippen LogP contribution in [0.3, 0.4) is 0 Å². The molecule has 5 aliphatic rings. The Bertz CT molecular complexity index is 5550. The Morgan fingerprint density at radius 1 is 0.210 bits per heavy atom. The van der Waals surface area contributed by atoms with E-state index in [0.717, 1.165) is 136 Å². The number of nitrogens with zero attached hydrogens (tertiary/aromatic N) is 7. The van der Waals surface area contributed by atoms with Crippen molar-refractivity contribution in [1.29, 1.82) is 0 Å². The number of hydrogen-bond acceptors (Lipinski definition) is 8. The fourth-order valence-electron chi connectivity index (χ4n) is 16.4. The van der Waals surface area contributed by atoms with Crippen molar-refractivity contribution >= 4 is 166 Å². The molecular weight excluding hydrogens is 1220 g/mol. The van der Waals surface area contributed by atoms with Crippen LogP contribution < -0.4 is 71.8 Å². The molecule has 10 heteroatoms. The summed E-state index contributed by atoms with van der Waals surface area (Å²) in [6, 6.07) is 135. The SMILES string of the molecule is c1ccc(N(c2ccccc2)c2cc3c4c(c2)N(c2ccccc2)c2cc5c(cc2B4c2ccccc2N3c2ccccc2)B2c3ccc4c(c3N(c3ccccc3)c3cc(N(c6ccccc6)c6ccccc6)cc(c32)N5c2ccccc2)Oc2ccccc2N4c2ccccc2)cc1. The molecule has 5 heterocycles. The highest BCUT2D eigenvalue weighted by molar-refractivity contribution is 7.03. The Labute approximate surface area is 582 Å². The lowest BCUT2D eigenvalue weighted by Gasteiger charge is -2.48. The summed E-state index contributed by atoms with van der Waals surface area (Å²) in [6.07, 6.45) is 0. The maximum absolute atomic E-state index is 7.63. The fourth-order valence-corrected chi connectivity index (χ4v) is 16.4. The summed E-state index contributed by atoms with van der Waals surface area (Å²) in [5.41, 5.74) is 29.2. The minimum Gasteiger partial charge on any atom is -0.451 e. The van der Waals surface area contributed by atoms with Gasteiger partial charge < -0.3 is 39.0 Å². The molecule has 0 amide bonds. The lowest BCUT2D eigenvalue weighted by Crippen LogP contribution is -2.65. The predicted octanol–water partition coefficient (Wildman–Crippen LogP) is 20.4. The van der Waals surface area contributed by atoms with Crippen molar-refractivity contribution < 1.29 is 4.74 Å². The van der Waals surface area contributed by atoms with Gasteiger partial charge in [-0.25, -0.2) is 0 Å². The van der Waals surface area contributed by atoms with E-state index in [1.54, 1.807) is 0 Å².